The second-order valence-corrected chi connectivity index (χ2v) is 7.32. The Bertz CT molecular complexity index is 942. The van der Waals surface area contributed by atoms with Gasteiger partial charge in [0.2, 0.25) is 5.91 Å². The van der Waals surface area contributed by atoms with Gasteiger partial charge in [-0.3, -0.25) is 9.59 Å². The van der Waals surface area contributed by atoms with Gasteiger partial charge in [-0.05, 0) is 55.5 Å². The summed E-state index contributed by atoms with van der Waals surface area (Å²) in [6, 6.07) is 8.15. The van der Waals surface area contributed by atoms with Crippen molar-refractivity contribution in [2.45, 2.75) is 59.4 Å². The molecule has 0 aliphatic carbocycles. The minimum absolute atomic E-state index is 0.00827. The molecule has 2 aromatic rings. The number of carbonyl (C=O) groups excluding carboxylic acids is 1. The molecule has 1 aromatic carbocycles. The summed E-state index contributed by atoms with van der Waals surface area (Å²) in [5.74, 6) is -0.288. The summed E-state index contributed by atoms with van der Waals surface area (Å²) in [4.78, 5) is 29.3. The van der Waals surface area contributed by atoms with E-state index in [-0.39, 0.29) is 23.7 Å². The summed E-state index contributed by atoms with van der Waals surface area (Å²) < 4.78 is 13.2. The van der Waals surface area contributed by atoms with Crippen LogP contribution < -0.4 is 5.56 Å². The zero-order valence-electron chi connectivity index (χ0n) is 17.3. The van der Waals surface area contributed by atoms with Gasteiger partial charge in [0, 0.05) is 25.2 Å². The maximum Gasteiger partial charge on any atom is 0.266 e. The molecule has 0 bridgehead atoms. The average molecular weight is 397 g/mol. The highest BCUT2D eigenvalue weighted by molar-refractivity contribution is 5.76. The number of aromatic amines is 1. The first-order valence-electron chi connectivity index (χ1n) is 10.0. The Balaban J connectivity index is 2.14. The van der Waals surface area contributed by atoms with E-state index in [9.17, 15) is 19.2 Å². The number of hydrogen-bond acceptors (Lipinski definition) is 3. The van der Waals surface area contributed by atoms with Gasteiger partial charge in [-0.25, -0.2) is 4.39 Å². The van der Waals surface area contributed by atoms with Gasteiger partial charge >= 0.3 is 0 Å². The first-order valence-corrected chi connectivity index (χ1v) is 10.0. The van der Waals surface area contributed by atoms with E-state index in [4.69, 9.17) is 0 Å². The summed E-state index contributed by atoms with van der Waals surface area (Å²) in [5.41, 5.74) is 2.76. The lowest BCUT2D eigenvalue weighted by atomic mass is 9.98. The Labute approximate surface area is 171 Å². The van der Waals surface area contributed by atoms with Crippen molar-refractivity contribution in [1.29, 1.82) is 5.26 Å². The number of amides is 1. The third-order valence-corrected chi connectivity index (χ3v) is 5.18. The molecule has 2 rings (SSSR count). The molecule has 0 radical (unpaired) electrons. The predicted octanol–water partition coefficient (Wildman–Crippen LogP) is 4.15. The van der Waals surface area contributed by atoms with E-state index in [1.165, 1.54) is 12.1 Å². The van der Waals surface area contributed by atoms with E-state index in [1.807, 2.05) is 11.0 Å². The molecular formula is C23H28FN3O2. The maximum atomic E-state index is 13.2. The third kappa shape index (κ3) is 6.02. The van der Waals surface area contributed by atoms with E-state index >= 15 is 0 Å². The van der Waals surface area contributed by atoms with Crippen LogP contribution in [0.4, 0.5) is 4.39 Å². The first-order chi connectivity index (χ1) is 13.9. The number of aryl methyl sites for hydroxylation is 1. The average Bonchev–Trinajstić information content (AvgIpc) is 2.68. The Morgan fingerprint density at radius 2 is 1.90 bits per heavy atom. The van der Waals surface area contributed by atoms with Crippen molar-refractivity contribution in [3.8, 4) is 6.07 Å². The molecule has 0 fully saturated rings. The van der Waals surface area contributed by atoms with E-state index in [1.54, 1.807) is 26.0 Å². The zero-order valence-corrected chi connectivity index (χ0v) is 17.3. The number of aromatic nitrogens is 1. The lowest BCUT2D eigenvalue weighted by molar-refractivity contribution is -0.131. The van der Waals surface area contributed by atoms with Crippen molar-refractivity contribution in [2.75, 3.05) is 6.54 Å². The first kappa shape index (κ1) is 22.4. The quantitative estimate of drug-likeness (QED) is 0.646. The van der Waals surface area contributed by atoms with E-state index in [0.29, 0.717) is 30.8 Å². The molecule has 0 aliphatic rings. The minimum atomic E-state index is -0.393. The van der Waals surface area contributed by atoms with E-state index in [2.05, 4.69) is 11.9 Å². The molecule has 0 spiro atoms. The van der Waals surface area contributed by atoms with Crippen molar-refractivity contribution >= 4 is 5.91 Å². The SMILES string of the molecule is CCCCCN(Cc1ccc(F)cc1)C(=O)CCc1c(C)[nH]c(=O)c(C#N)c1C. The van der Waals surface area contributed by atoms with Crippen LogP contribution in [0.2, 0.25) is 0 Å². The van der Waals surface area contributed by atoms with Crippen LogP contribution in [0.15, 0.2) is 29.1 Å². The molecule has 0 saturated heterocycles. The molecule has 1 heterocycles. The zero-order chi connectivity index (χ0) is 21.4. The van der Waals surface area contributed by atoms with Crippen LogP contribution in [-0.2, 0) is 17.8 Å². The summed E-state index contributed by atoms with van der Waals surface area (Å²) in [5, 5.41) is 9.21. The molecule has 6 heteroatoms. The minimum Gasteiger partial charge on any atom is -0.338 e. The molecule has 5 nitrogen and oxygen atoms in total. The molecule has 1 aromatic heterocycles. The predicted molar refractivity (Wildman–Crippen MR) is 111 cm³/mol. The molecule has 0 unspecified atom stereocenters. The van der Waals surface area contributed by atoms with Gasteiger partial charge in [0.25, 0.3) is 5.56 Å². The highest BCUT2D eigenvalue weighted by atomic mass is 19.1. The van der Waals surface area contributed by atoms with Crippen LogP contribution in [0.3, 0.4) is 0 Å². The number of nitriles is 1. The van der Waals surface area contributed by atoms with Crippen LogP contribution in [0.25, 0.3) is 0 Å². The second-order valence-electron chi connectivity index (χ2n) is 7.32. The Morgan fingerprint density at radius 3 is 2.52 bits per heavy atom. The Hall–Kier alpha value is -2.94. The van der Waals surface area contributed by atoms with Gasteiger partial charge in [0.15, 0.2) is 0 Å². The van der Waals surface area contributed by atoms with Crippen LogP contribution in [0.5, 0.6) is 0 Å². The number of hydrogen-bond donors (Lipinski definition) is 1. The second kappa shape index (κ2) is 10.6. The van der Waals surface area contributed by atoms with Crippen LogP contribution >= 0.6 is 0 Å². The molecule has 0 atom stereocenters. The Morgan fingerprint density at radius 1 is 1.21 bits per heavy atom. The summed E-state index contributed by atoms with van der Waals surface area (Å²) in [7, 11) is 0. The third-order valence-electron chi connectivity index (χ3n) is 5.18. The summed E-state index contributed by atoms with van der Waals surface area (Å²) >= 11 is 0. The van der Waals surface area contributed by atoms with E-state index < -0.39 is 5.56 Å². The highest BCUT2D eigenvalue weighted by Crippen LogP contribution is 2.17. The van der Waals surface area contributed by atoms with Crippen molar-refractivity contribution in [2.24, 2.45) is 0 Å². The molecule has 154 valence electrons. The Kier molecular flexibility index (Phi) is 8.14. The highest BCUT2D eigenvalue weighted by Gasteiger charge is 2.17. The monoisotopic (exact) mass is 397 g/mol. The largest absolute Gasteiger partial charge is 0.338 e. The van der Waals surface area contributed by atoms with Crippen molar-refractivity contribution in [3.05, 3.63) is 68.4 Å². The number of unbranched alkanes of at least 4 members (excludes halogenated alkanes) is 2. The van der Waals surface area contributed by atoms with E-state index in [0.717, 1.165) is 30.4 Å². The number of benzene rings is 1. The lowest BCUT2D eigenvalue weighted by Crippen LogP contribution is -2.32. The number of nitrogens with one attached hydrogen (secondary N) is 1. The topological polar surface area (TPSA) is 77.0 Å². The molecule has 1 N–H and O–H groups in total. The van der Waals surface area contributed by atoms with Gasteiger partial charge in [-0.2, -0.15) is 5.26 Å². The summed E-state index contributed by atoms with van der Waals surface area (Å²) in [6.07, 6.45) is 3.75. The van der Waals surface area contributed by atoms with Gasteiger partial charge in [-0.15, -0.1) is 0 Å². The number of carbonyl (C=O) groups is 1. The number of nitrogens with zero attached hydrogens (tertiary/aromatic N) is 2. The molecule has 0 saturated carbocycles. The van der Waals surface area contributed by atoms with Crippen LogP contribution in [-0.4, -0.2) is 22.3 Å². The summed E-state index contributed by atoms with van der Waals surface area (Å²) in [6.45, 7) is 6.73. The molecule has 1 amide bonds. The fourth-order valence-electron chi connectivity index (χ4n) is 3.47. The normalized spacial score (nSPS) is 10.6. The lowest BCUT2D eigenvalue weighted by Gasteiger charge is -2.23. The van der Waals surface area contributed by atoms with Crippen molar-refractivity contribution in [3.63, 3.8) is 0 Å². The smallest absolute Gasteiger partial charge is 0.266 e. The molecule has 0 aliphatic heterocycles. The number of halogens is 1. The van der Waals surface area contributed by atoms with Crippen molar-refractivity contribution < 1.29 is 9.18 Å². The number of H-pyrrole nitrogens is 1. The fraction of sp³-hybridized carbons (Fsp3) is 0.435. The molecular weight excluding hydrogens is 369 g/mol. The van der Waals surface area contributed by atoms with Gasteiger partial charge in [0.05, 0.1) is 0 Å². The fourth-order valence-corrected chi connectivity index (χ4v) is 3.47. The number of pyridine rings is 1. The van der Waals surface area contributed by atoms with Gasteiger partial charge in [-0.1, -0.05) is 31.9 Å². The number of rotatable bonds is 9. The standard InChI is InChI=1S/C23H28FN3O2/c1-4-5-6-13-27(15-18-7-9-19(24)10-8-18)22(28)12-11-20-16(2)21(14-25)23(29)26-17(20)3/h7-10H,4-6,11-13,15H2,1-3H3,(H,26,29). The van der Waals surface area contributed by atoms with Crippen LogP contribution in [0, 0.1) is 31.0 Å². The van der Waals surface area contributed by atoms with Crippen molar-refractivity contribution in [1.82, 2.24) is 9.88 Å². The van der Waals surface area contributed by atoms with Crippen LogP contribution in [0.1, 0.15) is 60.6 Å². The maximum absolute atomic E-state index is 13.2. The van der Waals surface area contributed by atoms with Gasteiger partial charge in [0.1, 0.15) is 17.4 Å². The van der Waals surface area contributed by atoms with Gasteiger partial charge < -0.3 is 9.88 Å². The molecule has 29 heavy (non-hydrogen) atoms.